The second kappa shape index (κ2) is 5.32. The Morgan fingerprint density at radius 1 is 1.29 bits per heavy atom. The summed E-state index contributed by atoms with van der Waals surface area (Å²) in [6, 6.07) is 6.47. The molecular weight excluding hydrogens is 228 g/mol. The molecule has 2 nitrogen and oxygen atoms in total. The highest BCUT2D eigenvalue weighted by Crippen LogP contribution is 2.18. The fraction of sp³-hybridized carbons (Fsp3) is 0.357. The zero-order valence-corrected chi connectivity index (χ0v) is 11.4. The minimum Gasteiger partial charge on any atom is -0.379 e. The molecule has 2 aromatic rings. The Morgan fingerprint density at radius 2 is 2.12 bits per heavy atom. The van der Waals surface area contributed by atoms with Crippen LogP contribution in [0.3, 0.4) is 0 Å². The maximum Gasteiger partial charge on any atom is 0.0926 e. The van der Waals surface area contributed by atoms with Crippen molar-refractivity contribution in [2.24, 2.45) is 0 Å². The normalized spacial score (nSPS) is 10.5. The molecule has 17 heavy (non-hydrogen) atoms. The van der Waals surface area contributed by atoms with E-state index >= 15 is 0 Å². The summed E-state index contributed by atoms with van der Waals surface area (Å²) >= 11 is 1.74. The minimum absolute atomic E-state index is 0.806. The van der Waals surface area contributed by atoms with Gasteiger partial charge >= 0.3 is 0 Å². The fourth-order valence-electron chi connectivity index (χ4n) is 1.70. The molecule has 0 radical (unpaired) electrons. The van der Waals surface area contributed by atoms with Crippen LogP contribution in [0.2, 0.25) is 0 Å². The van der Waals surface area contributed by atoms with E-state index in [0.717, 1.165) is 18.7 Å². The molecule has 0 aliphatic carbocycles. The molecule has 0 bridgehead atoms. The van der Waals surface area contributed by atoms with Crippen molar-refractivity contribution in [2.45, 2.75) is 33.7 Å². The van der Waals surface area contributed by atoms with Crippen LogP contribution in [0.1, 0.15) is 28.8 Å². The first-order valence-electron chi connectivity index (χ1n) is 5.93. The van der Waals surface area contributed by atoms with Crippen LogP contribution in [-0.2, 0) is 13.0 Å². The van der Waals surface area contributed by atoms with E-state index in [4.69, 9.17) is 0 Å². The zero-order valence-electron chi connectivity index (χ0n) is 10.6. The molecule has 0 fully saturated rings. The van der Waals surface area contributed by atoms with Crippen molar-refractivity contribution >= 4 is 17.0 Å². The summed E-state index contributed by atoms with van der Waals surface area (Å²) in [4.78, 5) is 4.55. The van der Waals surface area contributed by atoms with Crippen LogP contribution in [0, 0.1) is 13.8 Å². The number of hydrogen-bond acceptors (Lipinski definition) is 3. The summed E-state index contributed by atoms with van der Waals surface area (Å²) in [7, 11) is 0. The van der Waals surface area contributed by atoms with Gasteiger partial charge in [-0.3, -0.25) is 0 Å². The number of anilines is 1. The number of nitrogens with one attached hydrogen (secondary N) is 1. The molecule has 90 valence electrons. The second-order valence-corrected chi connectivity index (χ2v) is 5.20. The summed E-state index contributed by atoms with van der Waals surface area (Å²) < 4.78 is 0. The van der Waals surface area contributed by atoms with E-state index in [2.05, 4.69) is 54.7 Å². The van der Waals surface area contributed by atoms with E-state index in [1.165, 1.54) is 21.8 Å². The summed E-state index contributed by atoms with van der Waals surface area (Å²) in [5.41, 5.74) is 4.90. The van der Waals surface area contributed by atoms with E-state index in [9.17, 15) is 0 Å². The van der Waals surface area contributed by atoms with Crippen molar-refractivity contribution in [3.63, 3.8) is 0 Å². The molecule has 0 saturated heterocycles. The summed E-state index contributed by atoms with van der Waals surface area (Å²) in [5.74, 6) is 0. The molecule has 1 N–H and O–H groups in total. The van der Waals surface area contributed by atoms with Gasteiger partial charge in [0.25, 0.3) is 0 Å². The van der Waals surface area contributed by atoms with Crippen molar-refractivity contribution < 1.29 is 0 Å². The molecule has 0 atom stereocenters. The van der Waals surface area contributed by atoms with Crippen LogP contribution in [0.4, 0.5) is 5.69 Å². The number of nitrogens with zero attached hydrogens (tertiary/aromatic N) is 1. The lowest BCUT2D eigenvalue weighted by Crippen LogP contribution is -2.01. The van der Waals surface area contributed by atoms with E-state index in [1.54, 1.807) is 11.3 Å². The summed E-state index contributed by atoms with van der Waals surface area (Å²) in [6.45, 7) is 7.19. The highest BCUT2D eigenvalue weighted by atomic mass is 32.1. The number of aryl methyl sites for hydroxylation is 3. The number of hydrogen-bond donors (Lipinski definition) is 1. The minimum atomic E-state index is 0.806. The predicted molar refractivity (Wildman–Crippen MR) is 74.7 cm³/mol. The Kier molecular flexibility index (Phi) is 3.79. The highest BCUT2D eigenvalue weighted by molar-refractivity contribution is 7.09. The number of rotatable bonds is 4. The van der Waals surface area contributed by atoms with E-state index < -0.39 is 0 Å². The smallest absolute Gasteiger partial charge is 0.0926 e. The molecule has 0 amide bonds. The Labute approximate surface area is 107 Å². The van der Waals surface area contributed by atoms with Crippen molar-refractivity contribution in [3.8, 4) is 0 Å². The SMILES string of the molecule is CCc1nc(CNc2cc(C)ccc2C)cs1. The summed E-state index contributed by atoms with van der Waals surface area (Å²) in [6.07, 6.45) is 1.02. The second-order valence-electron chi connectivity index (χ2n) is 4.26. The van der Waals surface area contributed by atoms with Crippen LogP contribution in [0.25, 0.3) is 0 Å². The van der Waals surface area contributed by atoms with Gasteiger partial charge < -0.3 is 5.32 Å². The van der Waals surface area contributed by atoms with E-state index in [-0.39, 0.29) is 0 Å². The Morgan fingerprint density at radius 3 is 2.82 bits per heavy atom. The van der Waals surface area contributed by atoms with Crippen LogP contribution in [0.15, 0.2) is 23.6 Å². The third kappa shape index (κ3) is 3.07. The first-order valence-corrected chi connectivity index (χ1v) is 6.81. The predicted octanol–water partition coefficient (Wildman–Crippen LogP) is 3.93. The molecule has 3 heteroatoms. The first-order chi connectivity index (χ1) is 8.19. The average Bonchev–Trinajstić information content (AvgIpc) is 2.78. The van der Waals surface area contributed by atoms with Crippen LogP contribution < -0.4 is 5.32 Å². The largest absolute Gasteiger partial charge is 0.379 e. The van der Waals surface area contributed by atoms with Crippen molar-refractivity contribution in [1.82, 2.24) is 4.98 Å². The molecular formula is C14H18N2S. The van der Waals surface area contributed by atoms with E-state index in [1.807, 2.05) is 0 Å². The van der Waals surface area contributed by atoms with E-state index in [0.29, 0.717) is 0 Å². The molecule has 1 aromatic heterocycles. The lowest BCUT2D eigenvalue weighted by atomic mass is 10.1. The molecule has 0 aliphatic rings. The number of benzene rings is 1. The first kappa shape index (κ1) is 12.1. The third-order valence-corrected chi connectivity index (χ3v) is 3.80. The molecule has 0 aliphatic heterocycles. The van der Waals surface area contributed by atoms with Gasteiger partial charge in [-0.2, -0.15) is 0 Å². The van der Waals surface area contributed by atoms with Crippen molar-refractivity contribution in [1.29, 1.82) is 0 Å². The fourth-order valence-corrected chi connectivity index (χ4v) is 2.45. The molecule has 0 saturated carbocycles. The standard InChI is InChI=1S/C14H18N2S/c1-4-14-16-12(9-17-14)8-15-13-7-10(2)5-6-11(13)3/h5-7,9,15H,4,8H2,1-3H3. The molecule has 1 heterocycles. The third-order valence-electron chi connectivity index (χ3n) is 2.75. The van der Waals surface area contributed by atoms with Crippen LogP contribution >= 0.6 is 11.3 Å². The van der Waals surface area contributed by atoms with Gasteiger partial charge in [-0.05, 0) is 37.5 Å². The molecule has 1 aromatic carbocycles. The maximum absolute atomic E-state index is 4.55. The number of aromatic nitrogens is 1. The lowest BCUT2D eigenvalue weighted by Gasteiger charge is -2.09. The Balaban J connectivity index is 2.04. The van der Waals surface area contributed by atoms with Crippen molar-refractivity contribution in [3.05, 3.63) is 45.4 Å². The van der Waals surface area contributed by atoms with Gasteiger partial charge in [-0.25, -0.2) is 4.98 Å². The monoisotopic (exact) mass is 246 g/mol. The Hall–Kier alpha value is -1.35. The van der Waals surface area contributed by atoms with Crippen LogP contribution in [-0.4, -0.2) is 4.98 Å². The average molecular weight is 246 g/mol. The van der Waals surface area contributed by atoms with Crippen molar-refractivity contribution in [2.75, 3.05) is 5.32 Å². The van der Waals surface area contributed by atoms with Gasteiger partial charge in [0.15, 0.2) is 0 Å². The van der Waals surface area contributed by atoms with Gasteiger partial charge in [0, 0.05) is 11.1 Å². The highest BCUT2D eigenvalue weighted by Gasteiger charge is 2.02. The maximum atomic E-state index is 4.55. The van der Waals surface area contributed by atoms with Gasteiger partial charge in [-0.1, -0.05) is 19.1 Å². The summed E-state index contributed by atoms with van der Waals surface area (Å²) in [5, 5.41) is 6.80. The quantitative estimate of drug-likeness (QED) is 0.884. The molecule has 0 unspecified atom stereocenters. The van der Waals surface area contributed by atoms with Crippen LogP contribution in [0.5, 0.6) is 0 Å². The van der Waals surface area contributed by atoms with Gasteiger partial charge in [0.1, 0.15) is 0 Å². The lowest BCUT2D eigenvalue weighted by molar-refractivity contribution is 1.01. The van der Waals surface area contributed by atoms with Gasteiger partial charge in [0.05, 0.1) is 17.2 Å². The van der Waals surface area contributed by atoms with Gasteiger partial charge in [0.2, 0.25) is 0 Å². The Bertz CT molecular complexity index is 503. The number of thiazole rings is 1. The van der Waals surface area contributed by atoms with Gasteiger partial charge in [-0.15, -0.1) is 11.3 Å². The topological polar surface area (TPSA) is 24.9 Å². The zero-order chi connectivity index (χ0) is 12.3. The molecule has 2 rings (SSSR count). The molecule has 0 spiro atoms.